The molecule has 0 saturated heterocycles. The van der Waals surface area contributed by atoms with Crippen molar-refractivity contribution in [1.29, 1.82) is 0 Å². The van der Waals surface area contributed by atoms with Crippen LogP contribution < -0.4 is 4.74 Å². The van der Waals surface area contributed by atoms with Gasteiger partial charge in [0, 0.05) is 6.42 Å². The predicted molar refractivity (Wildman–Crippen MR) is 80.5 cm³/mol. The van der Waals surface area contributed by atoms with E-state index in [4.69, 9.17) is 9.84 Å². The molecule has 0 aliphatic carbocycles. The van der Waals surface area contributed by atoms with Crippen LogP contribution in [0.5, 0.6) is 5.75 Å². The molecule has 0 aliphatic rings. The van der Waals surface area contributed by atoms with E-state index in [1.165, 1.54) is 6.07 Å². The average Bonchev–Trinajstić information content (AvgIpc) is 2.48. The molecule has 0 spiro atoms. The van der Waals surface area contributed by atoms with E-state index in [1.54, 1.807) is 12.1 Å². The zero-order valence-electron chi connectivity index (χ0n) is 11.9. The van der Waals surface area contributed by atoms with Gasteiger partial charge in [0.1, 0.15) is 18.2 Å². The van der Waals surface area contributed by atoms with Gasteiger partial charge in [-0.05, 0) is 42.3 Å². The summed E-state index contributed by atoms with van der Waals surface area (Å²) in [7, 11) is 0. The largest absolute Gasteiger partial charge is 0.489 e. The summed E-state index contributed by atoms with van der Waals surface area (Å²) in [5.41, 5.74) is 2.31. The Hall–Kier alpha value is -2.31. The third-order valence-electron chi connectivity index (χ3n) is 2.89. The number of aryl methyl sites for hydroxylation is 1. The summed E-state index contributed by atoms with van der Waals surface area (Å²) in [6, 6.07) is 12.5. The summed E-state index contributed by atoms with van der Waals surface area (Å²) >= 11 is 0. The zero-order valence-corrected chi connectivity index (χ0v) is 11.9. The van der Waals surface area contributed by atoms with Crippen LogP contribution in [0.2, 0.25) is 0 Å². The molecule has 0 aliphatic heterocycles. The van der Waals surface area contributed by atoms with Crippen molar-refractivity contribution >= 4 is 0 Å². The first-order valence-corrected chi connectivity index (χ1v) is 6.76. The maximum atomic E-state index is 13.6. The fraction of sp³-hybridized carbons (Fsp3) is 0.222. The van der Waals surface area contributed by atoms with Gasteiger partial charge in [-0.2, -0.15) is 0 Å². The summed E-state index contributed by atoms with van der Waals surface area (Å²) in [6.45, 7) is 2.34. The van der Waals surface area contributed by atoms with E-state index in [0.29, 0.717) is 18.6 Å². The number of aliphatic hydroxyl groups is 1. The van der Waals surface area contributed by atoms with Crippen molar-refractivity contribution < 1.29 is 14.2 Å². The Morgan fingerprint density at radius 1 is 1.19 bits per heavy atom. The number of aliphatic hydroxyl groups excluding tert-OH is 1. The van der Waals surface area contributed by atoms with Crippen LogP contribution in [-0.4, -0.2) is 11.7 Å². The highest BCUT2D eigenvalue weighted by atomic mass is 19.1. The summed E-state index contributed by atoms with van der Waals surface area (Å²) in [4.78, 5) is 0. The van der Waals surface area contributed by atoms with E-state index in [1.807, 2.05) is 31.2 Å². The maximum Gasteiger partial charge on any atom is 0.138 e. The van der Waals surface area contributed by atoms with Gasteiger partial charge in [-0.25, -0.2) is 4.39 Å². The topological polar surface area (TPSA) is 29.5 Å². The molecule has 0 saturated carbocycles. The Balaban J connectivity index is 2.07. The molecule has 0 aromatic heterocycles. The van der Waals surface area contributed by atoms with Gasteiger partial charge in [0.05, 0.1) is 12.2 Å². The third-order valence-corrected chi connectivity index (χ3v) is 2.89. The standard InChI is InChI=1S/C18H17FO2/c1-14-5-4-7-17(11-14)21-13-15-8-9-18(19)16(12-15)6-2-3-10-20/h4-5,7-9,11-12,20H,3,10,13H2,1H3. The van der Waals surface area contributed by atoms with E-state index in [0.717, 1.165) is 16.9 Å². The molecular weight excluding hydrogens is 267 g/mol. The SMILES string of the molecule is Cc1cccc(OCc2ccc(F)c(C#CCCO)c2)c1. The van der Waals surface area contributed by atoms with E-state index < -0.39 is 0 Å². The smallest absolute Gasteiger partial charge is 0.138 e. The summed E-state index contributed by atoms with van der Waals surface area (Å²) in [5, 5.41) is 8.68. The molecule has 0 unspecified atom stereocenters. The first-order valence-electron chi connectivity index (χ1n) is 6.76. The molecule has 21 heavy (non-hydrogen) atoms. The van der Waals surface area contributed by atoms with Gasteiger partial charge in [-0.15, -0.1) is 0 Å². The number of halogens is 1. The Kier molecular flexibility index (Phi) is 5.36. The second kappa shape index (κ2) is 7.47. The van der Waals surface area contributed by atoms with E-state index in [2.05, 4.69) is 11.8 Å². The summed E-state index contributed by atoms with van der Waals surface area (Å²) in [5.74, 6) is 5.86. The van der Waals surface area contributed by atoms with Gasteiger partial charge in [-0.1, -0.05) is 30.0 Å². The number of ether oxygens (including phenoxy) is 1. The highest BCUT2D eigenvalue weighted by Gasteiger charge is 2.02. The van der Waals surface area contributed by atoms with E-state index >= 15 is 0 Å². The maximum absolute atomic E-state index is 13.6. The molecular formula is C18H17FO2. The Labute approximate surface area is 124 Å². The van der Waals surface area contributed by atoms with Crippen LogP contribution in [0.15, 0.2) is 42.5 Å². The highest BCUT2D eigenvalue weighted by Crippen LogP contribution is 2.16. The molecule has 108 valence electrons. The van der Waals surface area contributed by atoms with Gasteiger partial charge in [0.2, 0.25) is 0 Å². The van der Waals surface area contributed by atoms with Crippen molar-refractivity contribution in [3.8, 4) is 17.6 Å². The first kappa shape index (κ1) is 15.1. The van der Waals surface area contributed by atoms with Crippen LogP contribution in [0, 0.1) is 24.6 Å². The second-order valence-corrected chi connectivity index (χ2v) is 4.69. The fourth-order valence-electron chi connectivity index (χ4n) is 1.84. The number of benzene rings is 2. The van der Waals surface area contributed by atoms with Crippen LogP contribution in [0.3, 0.4) is 0 Å². The van der Waals surface area contributed by atoms with Crippen molar-refractivity contribution in [3.05, 3.63) is 65.0 Å². The number of hydrogen-bond acceptors (Lipinski definition) is 2. The van der Waals surface area contributed by atoms with Gasteiger partial charge in [-0.3, -0.25) is 0 Å². The average molecular weight is 284 g/mol. The Morgan fingerprint density at radius 3 is 2.81 bits per heavy atom. The van der Waals surface area contributed by atoms with Crippen molar-refractivity contribution in [2.45, 2.75) is 20.0 Å². The lowest BCUT2D eigenvalue weighted by Crippen LogP contribution is -1.97. The van der Waals surface area contributed by atoms with Gasteiger partial charge < -0.3 is 9.84 Å². The quantitative estimate of drug-likeness (QED) is 0.871. The van der Waals surface area contributed by atoms with Crippen molar-refractivity contribution in [2.24, 2.45) is 0 Å². The molecule has 2 aromatic carbocycles. The minimum Gasteiger partial charge on any atom is -0.489 e. The van der Waals surface area contributed by atoms with Crippen LogP contribution in [0.25, 0.3) is 0 Å². The number of rotatable bonds is 4. The van der Waals surface area contributed by atoms with E-state index in [9.17, 15) is 4.39 Å². The predicted octanol–water partition coefficient (Wildman–Crippen LogP) is 3.45. The molecule has 0 bridgehead atoms. The van der Waals surface area contributed by atoms with Crippen LogP contribution in [0.1, 0.15) is 23.1 Å². The Bertz CT molecular complexity index is 668. The van der Waals surface area contributed by atoms with Crippen molar-refractivity contribution in [1.82, 2.24) is 0 Å². The van der Waals surface area contributed by atoms with Crippen LogP contribution in [0.4, 0.5) is 4.39 Å². The third kappa shape index (κ3) is 4.62. The van der Waals surface area contributed by atoms with Gasteiger partial charge >= 0.3 is 0 Å². The minimum absolute atomic E-state index is 0.0230. The van der Waals surface area contributed by atoms with Crippen LogP contribution in [-0.2, 0) is 6.61 Å². The summed E-state index contributed by atoms with van der Waals surface area (Å²) < 4.78 is 19.3. The Morgan fingerprint density at radius 2 is 2.05 bits per heavy atom. The second-order valence-electron chi connectivity index (χ2n) is 4.69. The molecule has 0 amide bonds. The lowest BCUT2D eigenvalue weighted by molar-refractivity contribution is 0.305. The van der Waals surface area contributed by atoms with Crippen LogP contribution >= 0.6 is 0 Å². The molecule has 3 heteroatoms. The van der Waals surface area contributed by atoms with Crippen molar-refractivity contribution in [3.63, 3.8) is 0 Å². The molecule has 0 radical (unpaired) electrons. The first-order chi connectivity index (χ1) is 10.2. The van der Waals surface area contributed by atoms with Gasteiger partial charge in [0.15, 0.2) is 0 Å². The normalized spacial score (nSPS) is 9.86. The molecule has 2 rings (SSSR count). The molecule has 0 heterocycles. The monoisotopic (exact) mass is 284 g/mol. The number of hydrogen-bond donors (Lipinski definition) is 1. The molecule has 0 atom stereocenters. The van der Waals surface area contributed by atoms with Crippen molar-refractivity contribution in [2.75, 3.05) is 6.61 Å². The zero-order chi connectivity index (χ0) is 15.1. The minimum atomic E-state index is -0.361. The lowest BCUT2D eigenvalue weighted by atomic mass is 10.1. The fourth-order valence-corrected chi connectivity index (χ4v) is 1.84. The molecule has 2 aromatic rings. The van der Waals surface area contributed by atoms with Gasteiger partial charge in [0.25, 0.3) is 0 Å². The lowest BCUT2D eigenvalue weighted by Gasteiger charge is -2.07. The molecule has 1 N–H and O–H groups in total. The molecule has 2 nitrogen and oxygen atoms in total. The highest BCUT2D eigenvalue weighted by molar-refractivity contribution is 5.38. The summed E-state index contributed by atoms with van der Waals surface area (Å²) in [6.07, 6.45) is 0.337. The molecule has 0 fully saturated rings. The van der Waals surface area contributed by atoms with E-state index in [-0.39, 0.29) is 12.4 Å².